The largest absolute Gasteiger partial charge is 0.478 e. The van der Waals surface area contributed by atoms with E-state index in [1.165, 1.54) is 0 Å². The van der Waals surface area contributed by atoms with E-state index < -0.39 is 5.97 Å². The van der Waals surface area contributed by atoms with Crippen molar-refractivity contribution in [2.75, 3.05) is 0 Å². The minimum Gasteiger partial charge on any atom is -0.478 e. The van der Waals surface area contributed by atoms with Crippen LogP contribution in [0.1, 0.15) is 33.9 Å². The summed E-state index contributed by atoms with van der Waals surface area (Å²) in [6, 6.07) is 5.33. The fourth-order valence-electron chi connectivity index (χ4n) is 1.89. The molecule has 1 aromatic carbocycles. The summed E-state index contributed by atoms with van der Waals surface area (Å²) >= 11 is 0. The van der Waals surface area contributed by atoms with Gasteiger partial charge in [-0.3, -0.25) is 0 Å². The van der Waals surface area contributed by atoms with E-state index in [0.717, 1.165) is 24.0 Å². The summed E-state index contributed by atoms with van der Waals surface area (Å²) in [5.41, 5.74) is 8.15. The number of aromatic carboxylic acids is 1. The molecule has 1 aromatic rings. The number of benzene rings is 1. The van der Waals surface area contributed by atoms with E-state index >= 15 is 0 Å². The number of carboxylic acid groups (broad SMARTS) is 1. The van der Waals surface area contributed by atoms with Crippen molar-refractivity contribution < 1.29 is 9.90 Å². The molecule has 3 N–H and O–H groups in total. The van der Waals surface area contributed by atoms with Gasteiger partial charge in [-0.1, -0.05) is 12.1 Å². The number of fused-ring (bicyclic) bond motifs is 1. The van der Waals surface area contributed by atoms with Gasteiger partial charge in [-0.15, -0.1) is 0 Å². The molecular weight excluding hydrogens is 166 g/mol. The Balaban J connectivity index is 2.57. The third kappa shape index (κ3) is 1.21. The van der Waals surface area contributed by atoms with Crippen LogP contribution < -0.4 is 5.73 Å². The molecule has 0 amide bonds. The monoisotopic (exact) mass is 177 g/mol. The Morgan fingerprint density at radius 3 is 3.00 bits per heavy atom. The molecule has 3 heteroatoms. The quantitative estimate of drug-likeness (QED) is 0.680. The van der Waals surface area contributed by atoms with E-state index in [1.54, 1.807) is 12.1 Å². The summed E-state index contributed by atoms with van der Waals surface area (Å²) in [6.07, 6.45) is 1.65. The molecule has 68 valence electrons. The molecule has 13 heavy (non-hydrogen) atoms. The maximum atomic E-state index is 10.8. The highest BCUT2D eigenvalue weighted by Crippen LogP contribution is 2.31. The van der Waals surface area contributed by atoms with Crippen molar-refractivity contribution in [2.45, 2.75) is 18.9 Å². The normalized spacial score (nSPS) is 19.9. The van der Waals surface area contributed by atoms with Crippen molar-refractivity contribution in [3.05, 3.63) is 34.9 Å². The predicted octanol–water partition coefficient (Wildman–Crippen LogP) is 1.33. The predicted molar refractivity (Wildman–Crippen MR) is 48.7 cm³/mol. The second kappa shape index (κ2) is 2.85. The second-order valence-corrected chi connectivity index (χ2v) is 3.32. The molecule has 0 heterocycles. The maximum absolute atomic E-state index is 10.8. The number of hydrogen-bond donors (Lipinski definition) is 2. The average Bonchev–Trinajstić information content (AvgIpc) is 2.48. The Morgan fingerprint density at radius 1 is 1.54 bits per heavy atom. The molecule has 3 nitrogen and oxygen atoms in total. The molecule has 1 atom stereocenters. The van der Waals surface area contributed by atoms with Crippen LogP contribution in [0.4, 0.5) is 0 Å². The lowest BCUT2D eigenvalue weighted by molar-refractivity contribution is 0.0696. The highest BCUT2D eigenvalue weighted by Gasteiger charge is 2.23. The standard InChI is InChI=1S/C10H11NO2/c11-9-5-4-6-7(9)2-1-3-8(6)10(12)13/h1-3,9H,4-5,11H2,(H,12,13)/t9-/m0/s1. The van der Waals surface area contributed by atoms with E-state index in [0.29, 0.717) is 5.56 Å². The summed E-state index contributed by atoms with van der Waals surface area (Å²) in [4.78, 5) is 10.8. The first-order chi connectivity index (χ1) is 6.20. The zero-order valence-electron chi connectivity index (χ0n) is 7.16. The van der Waals surface area contributed by atoms with Crippen LogP contribution in [-0.2, 0) is 6.42 Å². The fraction of sp³-hybridized carbons (Fsp3) is 0.300. The van der Waals surface area contributed by atoms with Gasteiger partial charge in [-0.2, -0.15) is 0 Å². The average molecular weight is 177 g/mol. The van der Waals surface area contributed by atoms with Crippen LogP contribution in [0.15, 0.2) is 18.2 Å². The summed E-state index contributed by atoms with van der Waals surface area (Å²) < 4.78 is 0. The molecule has 0 aromatic heterocycles. The third-order valence-electron chi connectivity index (χ3n) is 2.55. The van der Waals surface area contributed by atoms with Crippen LogP contribution in [0, 0.1) is 0 Å². The molecule has 2 rings (SSSR count). The van der Waals surface area contributed by atoms with E-state index in [9.17, 15) is 4.79 Å². The topological polar surface area (TPSA) is 63.3 Å². The van der Waals surface area contributed by atoms with Crippen LogP contribution in [0.5, 0.6) is 0 Å². The van der Waals surface area contributed by atoms with Gasteiger partial charge in [0, 0.05) is 6.04 Å². The van der Waals surface area contributed by atoms with Crippen molar-refractivity contribution >= 4 is 5.97 Å². The SMILES string of the molecule is N[C@H]1CCc2c(C(=O)O)cccc21. The molecule has 0 bridgehead atoms. The van der Waals surface area contributed by atoms with Gasteiger partial charge in [-0.25, -0.2) is 4.79 Å². The van der Waals surface area contributed by atoms with Gasteiger partial charge in [0.1, 0.15) is 0 Å². The van der Waals surface area contributed by atoms with Gasteiger partial charge in [-0.05, 0) is 30.0 Å². The minimum atomic E-state index is -0.856. The molecule has 0 saturated heterocycles. The zero-order valence-corrected chi connectivity index (χ0v) is 7.16. The van der Waals surface area contributed by atoms with Gasteiger partial charge >= 0.3 is 5.97 Å². The van der Waals surface area contributed by atoms with Crippen molar-refractivity contribution in [3.63, 3.8) is 0 Å². The number of carboxylic acids is 1. The first-order valence-electron chi connectivity index (χ1n) is 4.31. The zero-order chi connectivity index (χ0) is 9.42. The van der Waals surface area contributed by atoms with Crippen LogP contribution in [0.3, 0.4) is 0 Å². The first kappa shape index (κ1) is 8.26. The Kier molecular flexibility index (Phi) is 1.81. The highest BCUT2D eigenvalue weighted by atomic mass is 16.4. The van der Waals surface area contributed by atoms with E-state index in [4.69, 9.17) is 10.8 Å². The molecular formula is C10H11NO2. The molecule has 1 aliphatic carbocycles. The highest BCUT2D eigenvalue weighted by molar-refractivity contribution is 5.90. The molecule has 0 spiro atoms. The van der Waals surface area contributed by atoms with Gasteiger partial charge in [0.15, 0.2) is 0 Å². The van der Waals surface area contributed by atoms with Crippen LogP contribution >= 0.6 is 0 Å². The Labute approximate surface area is 76.2 Å². The summed E-state index contributed by atoms with van der Waals surface area (Å²) in [6.45, 7) is 0. The Hall–Kier alpha value is -1.35. The fourth-order valence-corrected chi connectivity index (χ4v) is 1.89. The van der Waals surface area contributed by atoms with Crippen molar-refractivity contribution in [2.24, 2.45) is 5.73 Å². The lowest BCUT2D eigenvalue weighted by Crippen LogP contribution is -2.06. The van der Waals surface area contributed by atoms with Crippen molar-refractivity contribution in [1.82, 2.24) is 0 Å². The van der Waals surface area contributed by atoms with Crippen LogP contribution in [0.25, 0.3) is 0 Å². The van der Waals surface area contributed by atoms with Crippen LogP contribution in [-0.4, -0.2) is 11.1 Å². The van der Waals surface area contributed by atoms with Crippen molar-refractivity contribution in [1.29, 1.82) is 0 Å². The third-order valence-corrected chi connectivity index (χ3v) is 2.55. The molecule has 0 aliphatic heterocycles. The number of carbonyl (C=O) groups is 1. The summed E-state index contributed by atoms with van der Waals surface area (Å²) in [5.74, 6) is -0.856. The molecule has 1 aliphatic rings. The Morgan fingerprint density at radius 2 is 2.31 bits per heavy atom. The first-order valence-corrected chi connectivity index (χ1v) is 4.31. The molecule has 0 radical (unpaired) electrons. The second-order valence-electron chi connectivity index (χ2n) is 3.32. The van der Waals surface area contributed by atoms with Gasteiger partial charge in [0.2, 0.25) is 0 Å². The summed E-state index contributed by atoms with van der Waals surface area (Å²) in [5, 5.41) is 8.89. The van der Waals surface area contributed by atoms with Crippen LogP contribution in [0.2, 0.25) is 0 Å². The smallest absolute Gasteiger partial charge is 0.335 e. The van der Waals surface area contributed by atoms with Gasteiger partial charge in [0.05, 0.1) is 5.56 Å². The maximum Gasteiger partial charge on any atom is 0.335 e. The van der Waals surface area contributed by atoms with Gasteiger partial charge in [0.25, 0.3) is 0 Å². The van der Waals surface area contributed by atoms with E-state index in [1.807, 2.05) is 6.07 Å². The Bertz CT molecular complexity index is 360. The number of rotatable bonds is 1. The van der Waals surface area contributed by atoms with E-state index in [2.05, 4.69) is 0 Å². The molecule has 0 saturated carbocycles. The minimum absolute atomic E-state index is 0.0225. The molecule has 0 unspecified atom stereocenters. The van der Waals surface area contributed by atoms with Crippen molar-refractivity contribution in [3.8, 4) is 0 Å². The van der Waals surface area contributed by atoms with E-state index in [-0.39, 0.29) is 6.04 Å². The lowest BCUT2D eigenvalue weighted by Gasteiger charge is -2.05. The summed E-state index contributed by atoms with van der Waals surface area (Å²) in [7, 11) is 0. The lowest BCUT2D eigenvalue weighted by atomic mass is 10.0. The number of hydrogen-bond acceptors (Lipinski definition) is 2. The van der Waals surface area contributed by atoms with Gasteiger partial charge < -0.3 is 10.8 Å². The molecule has 0 fully saturated rings. The number of nitrogens with two attached hydrogens (primary N) is 1.